The number of halogens is 1. The zero-order valence-corrected chi connectivity index (χ0v) is 12.1. The predicted molar refractivity (Wildman–Crippen MR) is 76.2 cm³/mol. The van der Waals surface area contributed by atoms with Gasteiger partial charge in [0.15, 0.2) is 15.5 Å². The summed E-state index contributed by atoms with van der Waals surface area (Å²) in [5.74, 6) is -2.41. The molecule has 2 aromatic rings. The van der Waals surface area contributed by atoms with Gasteiger partial charge in [-0.1, -0.05) is 0 Å². The number of benzene rings is 1. The number of carbonyl (C=O) groups excluding carboxylic acids is 1. The van der Waals surface area contributed by atoms with Crippen LogP contribution in [0.2, 0.25) is 0 Å². The topological polar surface area (TPSA) is 112 Å². The molecular formula is C13H12FN3O4S. The lowest BCUT2D eigenvalue weighted by atomic mass is 10.1. The Kier molecular flexibility index (Phi) is 3.44. The summed E-state index contributed by atoms with van der Waals surface area (Å²) in [5.41, 5.74) is 0.339. The average Bonchev–Trinajstić information content (AvgIpc) is 2.95. The second-order valence-corrected chi connectivity index (χ2v) is 7.38. The van der Waals surface area contributed by atoms with E-state index in [1.807, 2.05) is 0 Å². The molecule has 0 aliphatic carbocycles. The summed E-state index contributed by atoms with van der Waals surface area (Å²) in [4.78, 5) is 14.4. The van der Waals surface area contributed by atoms with Gasteiger partial charge in [-0.3, -0.25) is 4.79 Å². The normalized spacial score (nSPS) is 20.9. The van der Waals surface area contributed by atoms with Crippen LogP contribution in [-0.2, 0) is 14.6 Å². The predicted octanol–water partition coefficient (Wildman–Crippen LogP) is 2.06. The number of aromatic hydroxyl groups is 1. The van der Waals surface area contributed by atoms with Crippen LogP contribution >= 0.6 is 0 Å². The van der Waals surface area contributed by atoms with Gasteiger partial charge in [-0.05, 0) is 24.6 Å². The molecule has 1 aliphatic rings. The number of rotatable bonds is 2. The summed E-state index contributed by atoms with van der Waals surface area (Å²) in [6.07, 6.45) is 0.227. The minimum atomic E-state index is -3.18. The third-order valence-electron chi connectivity index (χ3n) is 3.54. The van der Waals surface area contributed by atoms with Crippen molar-refractivity contribution < 1.29 is 22.7 Å². The van der Waals surface area contributed by atoms with Gasteiger partial charge in [0.2, 0.25) is 5.88 Å². The van der Waals surface area contributed by atoms with Crippen LogP contribution in [0.15, 0.2) is 28.4 Å². The quantitative estimate of drug-likeness (QED) is 0.823. The summed E-state index contributed by atoms with van der Waals surface area (Å²) < 4.78 is 35.8. The van der Waals surface area contributed by atoms with Crippen molar-refractivity contribution in [3.05, 3.63) is 24.0 Å². The highest BCUT2D eigenvalue weighted by atomic mass is 32.2. The van der Waals surface area contributed by atoms with Crippen LogP contribution in [0, 0.1) is 11.7 Å². The second kappa shape index (κ2) is 5.16. The van der Waals surface area contributed by atoms with Crippen LogP contribution in [0.3, 0.4) is 0 Å². The van der Waals surface area contributed by atoms with Crippen LogP contribution in [-0.4, -0.2) is 35.9 Å². The Morgan fingerprint density at radius 1 is 1.41 bits per heavy atom. The van der Waals surface area contributed by atoms with Gasteiger partial charge in [-0.15, -0.1) is 10.2 Å². The number of sulfone groups is 1. The van der Waals surface area contributed by atoms with E-state index in [2.05, 4.69) is 15.2 Å². The molecule has 0 spiro atoms. The number of carbonyl (C=O) groups is 1. The van der Waals surface area contributed by atoms with Crippen molar-refractivity contribution in [1.29, 1.82) is 0 Å². The number of aromatic nitrogens is 1. The molecule has 22 heavy (non-hydrogen) atoms. The number of nitrogens with one attached hydrogen (secondary N) is 1. The van der Waals surface area contributed by atoms with Crippen LogP contribution in [0.5, 0.6) is 5.88 Å². The van der Waals surface area contributed by atoms with Crippen LogP contribution in [0.25, 0.3) is 10.9 Å². The highest BCUT2D eigenvalue weighted by Crippen LogP contribution is 2.35. The van der Waals surface area contributed by atoms with E-state index >= 15 is 0 Å². The van der Waals surface area contributed by atoms with Crippen molar-refractivity contribution in [2.45, 2.75) is 6.42 Å². The Bertz CT molecular complexity index is 888. The van der Waals surface area contributed by atoms with E-state index in [1.54, 1.807) is 0 Å². The van der Waals surface area contributed by atoms with E-state index in [-0.39, 0.29) is 29.5 Å². The van der Waals surface area contributed by atoms with Crippen LogP contribution in [0.1, 0.15) is 6.42 Å². The van der Waals surface area contributed by atoms with Gasteiger partial charge in [-0.25, -0.2) is 12.8 Å². The Morgan fingerprint density at radius 3 is 2.86 bits per heavy atom. The second-order valence-electron chi connectivity index (χ2n) is 5.15. The Balaban J connectivity index is 1.87. The molecule has 1 aliphatic heterocycles. The molecule has 1 amide bonds. The Morgan fingerprint density at radius 2 is 2.18 bits per heavy atom. The lowest BCUT2D eigenvalue weighted by molar-refractivity contribution is -0.121. The first-order valence-corrected chi connectivity index (χ1v) is 8.34. The smallest absolute Gasteiger partial charge is 0.268 e. The van der Waals surface area contributed by atoms with E-state index in [0.29, 0.717) is 10.9 Å². The lowest BCUT2D eigenvalue weighted by Crippen LogP contribution is -2.13. The van der Waals surface area contributed by atoms with Gasteiger partial charge in [0.05, 0.1) is 22.9 Å². The molecule has 0 unspecified atom stereocenters. The third kappa shape index (κ3) is 2.71. The van der Waals surface area contributed by atoms with Crippen molar-refractivity contribution in [2.75, 3.05) is 11.5 Å². The van der Waals surface area contributed by atoms with Crippen LogP contribution < -0.4 is 0 Å². The number of nitrogens with zero attached hydrogens (tertiary/aromatic N) is 2. The highest BCUT2D eigenvalue weighted by molar-refractivity contribution is 7.91. The minimum Gasteiger partial charge on any atom is -0.493 e. The van der Waals surface area contributed by atoms with Crippen LogP contribution in [0.4, 0.5) is 10.1 Å². The molecule has 2 heterocycles. The van der Waals surface area contributed by atoms with Gasteiger partial charge in [0, 0.05) is 5.39 Å². The molecule has 0 radical (unpaired) electrons. The van der Waals surface area contributed by atoms with Crippen molar-refractivity contribution in [3.8, 4) is 5.88 Å². The Hall–Kier alpha value is -2.29. The number of azo groups is 1. The maximum absolute atomic E-state index is 13.1. The molecule has 2 N–H and O–H groups in total. The molecule has 1 atom stereocenters. The maximum atomic E-state index is 13.1. The van der Waals surface area contributed by atoms with Crippen molar-refractivity contribution >= 4 is 32.3 Å². The SMILES string of the molecule is O=C(N=Nc1c(O)[nH]c2cc(F)ccc12)[C@H]1CCS(=O)(=O)C1. The summed E-state index contributed by atoms with van der Waals surface area (Å²) in [6.45, 7) is 0. The highest BCUT2D eigenvalue weighted by Gasteiger charge is 2.33. The lowest BCUT2D eigenvalue weighted by Gasteiger charge is -1.99. The van der Waals surface area contributed by atoms with Gasteiger partial charge in [0.25, 0.3) is 5.91 Å². The molecule has 1 fully saturated rings. The summed E-state index contributed by atoms with van der Waals surface area (Å²) >= 11 is 0. The molecule has 9 heteroatoms. The van der Waals surface area contributed by atoms with E-state index < -0.39 is 27.5 Å². The number of aromatic amines is 1. The zero-order valence-electron chi connectivity index (χ0n) is 11.3. The fraction of sp³-hybridized carbons (Fsp3) is 0.308. The van der Waals surface area contributed by atoms with Crippen molar-refractivity contribution in [2.24, 2.45) is 16.1 Å². The summed E-state index contributed by atoms with van der Waals surface area (Å²) in [5, 5.41) is 17.3. The van der Waals surface area contributed by atoms with Gasteiger partial charge >= 0.3 is 0 Å². The molecule has 1 saturated heterocycles. The number of H-pyrrole nitrogens is 1. The monoisotopic (exact) mass is 325 g/mol. The number of fused-ring (bicyclic) bond motifs is 1. The van der Waals surface area contributed by atoms with E-state index in [0.717, 1.165) is 0 Å². The molecule has 0 saturated carbocycles. The van der Waals surface area contributed by atoms with Gasteiger partial charge in [-0.2, -0.15) is 0 Å². The molecule has 0 bridgehead atoms. The third-order valence-corrected chi connectivity index (χ3v) is 5.31. The number of amides is 1. The van der Waals surface area contributed by atoms with Gasteiger partial charge in [0.1, 0.15) is 5.82 Å². The molecule has 1 aromatic heterocycles. The van der Waals surface area contributed by atoms with Crippen molar-refractivity contribution in [1.82, 2.24) is 4.98 Å². The fourth-order valence-corrected chi connectivity index (χ4v) is 4.15. The molecule has 3 rings (SSSR count). The molecule has 7 nitrogen and oxygen atoms in total. The molecular weight excluding hydrogens is 313 g/mol. The molecule has 116 valence electrons. The average molecular weight is 325 g/mol. The van der Waals surface area contributed by atoms with Crippen molar-refractivity contribution in [3.63, 3.8) is 0 Å². The first-order valence-electron chi connectivity index (χ1n) is 6.52. The number of hydrogen-bond donors (Lipinski definition) is 2. The van der Waals surface area contributed by atoms with E-state index in [4.69, 9.17) is 0 Å². The fourth-order valence-electron chi connectivity index (χ4n) is 2.41. The number of hydrogen-bond acceptors (Lipinski definition) is 5. The zero-order chi connectivity index (χ0) is 15.9. The van der Waals surface area contributed by atoms with E-state index in [9.17, 15) is 22.7 Å². The van der Waals surface area contributed by atoms with E-state index in [1.165, 1.54) is 18.2 Å². The Labute approximate surface area is 124 Å². The summed E-state index contributed by atoms with van der Waals surface area (Å²) in [7, 11) is -3.18. The standard InChI is InChI=1S/C13H12FN3O4S/c14-8-1-2-9-10(5-8)15-13(19)11(9)16-17-12(18)7-3-4-22(20,21)6-7/h1-2,5,7,15,19H,3-4,6H2/t7-/m0/s1. The first kappa shape index (κ1) is 14.6. The largest absolute Gasteiger partial charge is 0.493 e. The molecule has 1 aromatic carbocycles. The van der Waals surface area contributed by atoms with Gasteiger partial charge < -0.3 is 10.1 Å². The summed E-state index contributed by atoms with van der Waals surface area (Å²) in [6, 6.07) is 3.78. The minimum absolute atomic E-state index is 0.0178. The first-order chi connectivity index (χ1) is 10.4. The maximum Gasteiger partial charge on any atom is 0.268 e.